The molecule has 0 saturated heterocycles. The molecule has 1 amide bonds. The molecule has 0 aliphatic carbocycles. The van der Waals surface area contributed by atoms with E-state index in [1.807, 2.05) is 6.92 Å². The van der Waals surface area contributed by atoms with Gasteiger partial charge in [0, 0.05) is 24.7 Å². The number of rotatable bonds is 6. The predicted octanol–water partition coefficient (Wildman–Crippen LogP) is 2.20. The van der Waals surface area contributed by atoms with Gasteiger partial charge in [-0.2, -0.15) is 0 Å². The molecule has 0 spiro atoms. The van der Waals surface area contributed by atoms with Crippen molar-refractivity contribution in [2.45, 2.75) is 52.3 Å². The van der Waals surface area contributed by atoms with Crippen molar-refractivity contribution in [3.8, 4) is 17.2 Å². The van der Waals surface area contributed by atoms with Crippen molar-refractivity contribution in [3.63, 3.8) is 0 Å². The summed E-state index contributed by atoms with van der Waals surface area (Å²) in [4.78, 5) is 11.7. The zero-order chi connectivity index (χ0) is 17.6. The van der Waals surface area contributed by atoms with Crippen LogP contribution in [-0.2, 0) is 11.3 Å². The molecule has 0 bridgehead atoms. The van der Waals surface area contributed by atoms with E-state index in [0.717, 1.165) is 0 Å². The van der Waals surface area contributed by atoms with Crippen molar-refractivity contribution in [3.05, 3.63) is 17.7 Å². The molecular formula is C16H26N2O5. The SMILES string of the molecule is CCC(CNCc1ccc(O)c(O)c1O)NC(=O)OC(C)(C)C. The third-order valence-corrected chi connectivity index (χ3v) is 3.13. The van der Waals surface area contributed by atoms with Gasteiger partial charge in [0.2, 0.25) is 5.75 Å². The Morgan fingerprint density at radius 2 is 1.87 bits per heavy atom. The van der Waals surface area contributed by atoms with Crippen LogP contribution < -0.4 is 10.6 Å². The summed E-state index contributed by atoms with van der Waals surface area (Å²) in [5.74, 6) is -1.27. The van der Waals surface area contributed by atoms with Gasteiger partial charge in [0.1, 0.15) is 5.60 Å². The minimum Gasteiger partial charge on any atom is -0.504 e. The molecule has 5 N–H and O–H groups in total. The number of hydrogen-bond acceptors (Lipinski definition) is 6. The standard InChI is InChI=1S/C16H26N2O5/c1-5-11(18-15(22)23-16(2,3)4)9-17-8-10-6-7-12(19)14(21)13(10)20/h6-7,11,17,19-21H,5,8-9H2,1-4H3,(H,18,22). The minimum absolute atomic E-state index is 0.127. The minimum atomic E-state index is -0.550. The van der Waals surface area contributed by atoms with Gasteiger partial charge in [0.05, 0.1) is 0 Å². The monoisotopic (exact) mass is 326 g/mol. The van der Waals surface area contributed by atoms with Crippen LogP contribution in [0.4, 0.5) is 4.79 Å². The Bertz CT molecular complexity index is 540. The van der Waals surface area contributed by atoms with Crippen LogP contribution in [-0.4, -0.2) is 39.6 Å². The van der Waals surface area contributed by atoms with Crippen molar-refractivity contribution >= 4 is 6.09 Å². The van der Waals surface area contributed by atoms with E-state index in [4.69, 9.17) is 4.74 Å². The van der Waals surface area contributed by atoms with Crippen LogP contribution in [0, 0.1) is 0 Å². The number of carbonyl (C=O) groups excluding carboxylic acids is 1. The lowest BCUT2D eigenvalue weighted by molar-refractivity contribution is 0.0502. The van der Waals surface area contributed by atoms with Gasteiger partial charge in [-0.1, -0.05) is 13.0 Å². The Morgan fingerprint density at radius 1 is 1.22 bits per heavy atom. The van der Waals surface area contributed by atoms with Crippen molar-refractivity contribution in [2.24, 2.45) is 0 Å². The molecule has 0 aromatic heterocycles. The van der Waals surface area contributed by atoms with E-state index in [1.165, 1.54) is 12.1 Å². The Hall–Kier alpha value is -2.15. The van der Waals surface area contributed by atoms with Gasteiger partial charge in [-0.25, -0.2) is 4.79 Å². The smallest absolute Gasteiger partial charge is 0.407 e. The maximum absolute atomic E-state index is 11.7. The quantitative estimate of drug-likeness (QED) is 0.513. The second kappa shape index (κ2) is 7.92. The Balaban J connectivity index is 2.50. The predicted molar refractivity (Wildman–Crippen MR) is 86.6 cm³/mol. The highest BCUT2D eigenvalue weighted by Gasteiger charge is 2.18. The van der Waals surface area contributed by atoms with Crippen molar-refractivity contribution in [1.29, 1.82) is 0 Å². The van der Waals surface area contributed by atoms with Crippen LogP contribution in [0.1, 0.15) is 39.7 Å². The molecule has 1 aromatic carbocycles. The molecule has 0 saturated carbocycles. The number of hydrogen-bond donors (Lipinski definition) is 5. The Morgan fingerprint density at radius 3 is 2.43 bits per heavy atom. The highest BCUT2D eigenvalue weighted by Crippen LogP contribution is 2.36. The number of phenolic OH excluding ortho intramolecular Hbond substituents is 3. The average Bonchev–Trinajstić information content (AvgIpc) is 2.44. The average molecular weight is 326 g/mol. The largest absolute Gasteiger partial charge is 0.504 e. The third-order valence-electron chi connectivity index (χ3n) is 3.13. The highest BCUT2D eigenvalue weighted by molar-refractivity contribution is 5.68. The topological polar surface area (TPSA) is 111 Å². The lowest BCUT2D eigenvalue weighted by Gasteiger charge is -2.23. The molecule has 1 rings (SSSR count). The lowest BCUT2D eigenvalue weighted by atomic mass is 10.1. The zero-order valence-electron chi connectivity index (χ0n) is 14.0. The molecule has 7 heteroatoms. The Labute approximate surface area is 136 Å². The number of nitrogens with one attached hydrogen (secondary N) is 2. The molecule has 0 radical (unpaired) electrons. The number of alkyl carbamates (subject to hydrolysis) is 1. The molecule has 23 heavy (non-hydrogen) atoms. The Kier molecular flexibility index (Phi) is 6.50. The first-order chi connectivity index (χ1) is 10.6. The second-order valence-corrected chi connectivity index (χ2v) is 6.32. The lowest BCUT2D eigenvalue weighted by Crippen LogP contribution is -2.43. The number of ether oxygens (including phenoxy) is 1. The van der Waals surface area contributed by atoms with E-state index in [2.05, 4.69) is 10.6 Å². The molecule has 1 atom stereocenters. The van der Waals surface area contributed by atoms with Gasteiger partial charge in [-0.15, -0.1) is 0 Å². The summed E-state index contributed by atoms with van der Waals surface area (Å²) in [5, 5.41) is 34.3. The molecule has 1 unspecified atom stereocenters. The van der Waals surface area contributed by atoms with Crippen LogP contribution in [0.2, 0.25) is 0 Å². The van der Waals surface area contributed by atoms with Gasteiger partial charge in [0.25, 0.3) is 0 Å². The fourth-order valence-corrected chi connectivity index (χ4v) is 1.91. The van der Waals surface area contributed by atoms with E-state index in [1.54, 1.807) is 20.8 Å². The van der Waals surface area contributed by atoms with E-state index >= 15 is 0 Å². The molecule has 0 aliphatic heterocycles. The summed E-state index contributed by atoms with van der Waals surface area (Å²) < 4.78 is 5.20. The summed E-state index contributed by atoms with van der Waals surface area (Å²) in [5.41, 5.74) is -0.0991. The molecule has 0 fully saturated rings. The number of aromatic hydroxyl groups is 3. The molecule has 7 nitrogen and oxygen atoms in total. The molecular weight excluding hydrogens is 300 g/mol. The number of benzene rings is 1. The molecule has 0 heterocycles. The fourth-order valence-electron chi connectivity index (χ4n) is 1.91. The van der Waals surface area contributed by atoms with Crippen LogP contribution >= 0.6 is 0 Å². The zero-order valence-corrected chi connectivity index (χ0v) is 14.0. The maximum Gasteiger partial charge on any atom is 0.407 e. The first kappa shape index (κ1) is 18.9. The van der Waals surface area contributed by atoms with Crippen molar-refractivity contribution in [1.82, 2.24) is 10.6 Å². The van der Waals surface area contributed by atoms with Crippen LogP contribution in [0.5, 0.6) is 17.2 Å². The van der Waals surface area contributed by atoms with Gasteiger partial charge in [-0.3, -0.25) is 0 Å². The van der Waals surface area contributed by atoms with E-state index in [0.29, 0.717) is 18.5 Å². The van der Waals surface area contributed by atoms with Gasteiger partial charge in [-0.05, 0) is 33.3 Å². The summed E-state index contributed by atoms with van der Waals surface area (Å²) in [6, 6.07) is 2.69. The number of amides is 1. The van der Waals surface area contributed by atoms with Gasteiger partial charge in [0.15, 0.2) is 11.5 Å². The van der Waals surface area contributed by atoms with E-state index in [-0.39, 0.29) is 24.1 Å². The molecule has 1 aromatic rings. The van der Waals surface area contributed by atoms with Crippen LogP contribution in [0.3, 0.4) is 0 Å². The van der Waals surface area contributed by atoms with Gasteiger partial charge < -0.3 is 30.7 Å². The first-order valence-electron chi connectivity index (χ1n) is 7.57. The van der Waals surface area contributed by atoms with Crippen molar-refractivity contribution in [2.75, 3.05) is 6.54 Å². The van der Waals surface area contributed by atoms with Crippen LogP contribution in [0.15, 0.2) is 12.1 Å². The molecule has 0 aliphatic rings. The number of carbonyl (C=O) groups is 1. The van der Waals surface area contributed by atoms with Crippen LogP contribution in [0.25, 0.3) is 0 Å². The van der Waals surface area contributed by atoms with E-state index < -0.39 is 17.4 Å². The first-order valence-corrected chi connectivity index (χ1v) is 7.57. The summed E-state index contributed by atoms with van der Waals surface area (Å²) in [6.45, 7) is 8.08. The van der Waals surface area contributed by atoms with Gasteiger partial charge >= 0.3 is 6.09 Å². The normalized spacial score (nSPS) is 12.7. The molecule has 130 valence electrons. The third kappa shape index (κ3) is 6.23. The number of phenols is 3. The fraction of sp³-hybridized carbons (Fsp3) is 0.562. The summed E-state index contributed by atoms with van der Waals surface area (Å²) >= 11 is 0. The highest BCUT2D eigenvalue weighted by atomic mass is 16.6. The van der Waals surface area contributed by atoms with E-state index in [9.17, 15) is 20.1 Å². The summed E-state index contributed by atoms with van der Waals surface area (Å²) in [7, 11) is 0. The summed E-state index contributed by atoms with van der Waals surface area (Å²) in [6.07, 6.45) is 0.232. The second-order valence-electron chi connectivity index (χ2n) is 6.32. The van der Waals surface area contributed by atoms with Crippen molar-refractivity contribution < 1.29 is 24.9 Å². The maximum atomic E-state index is 11.7.